The van der Waals surface area contributed by atoms with Crippen molar-refractivity contribution in [1.82, 2.24) is 19.7 Å². The number of nitrogen functional groups attached to an aromatic ring is 1. The molecule has 1 saturated carbocycles. The molecule has 0 aromatic carbocycles. The van der Waals surface area contributed by atoms with Gasteiger partial charge in [-0.25, -0.2) is 4.98 Å². The number of anilines is 2. The van der Waals surface area contributed by atoms with Gasteiger partial charge in [0, 0.05) is 49.9 Å². The van der Waals surface area contributed by atoms with Crippen LogP contribution in [0.25, 0.3) is 0 Å². The molecule has 7 heteroatoms. The molecule has 0 aliphatic heterocycles. The van der Waals surface area contributed by atoms with Crippen LogP contribution in [0.4, 0.5) is 11.8 Å². The second kappa shape index (κ2) is 5.81. The summed E-state index contributed by atoms with van der Waals surface area (Å²) in [6.45, 7) is 4.86. The van der Waals surface area contributed by atoms with Crippen molar-refractivity contribution >= 4 is 11.8 Å². The van der Waals surface area contributed by atoms with Crippen molar-refractivity contribution in [3.05, 3.63) is 28.7 Å². The molecule has 2 heterocycles. The van der Waals surface area contributed by atoms with Gasteiger partial charge in [-0.2, -0.15) is 10.1 Å². The van der Waals surface area contributed by atoms with E-state index < -0.39 is 0 Å². The summed E-state index contributed by atoms with van der Waals surface area (Å²) in [5.41, 5.74) is 16.2. The maximum atomic E-state index is 5.91. The van der Waals surface area contributed by atoms with E-state index in [1.807, 2.05) is 31.8 Å². The Morgan fingerprint density at radius 2 is 2.00 bits per heavy atom. The van der Waals surface area contributed by atoms with E-state index in [-0.39, 0.29) is 6.04 Å². The summed E-state index contributed by atoms with van der Waals surface area (Å²) < 4.78 is 1.91. The first-order chi connectivity index (χ1) is 10.8. The van der Waals surface area contributed by atoms with E-state index in [9.17, 15) is 0 Å². The minimum Gasteiger partial charge on any atom is -0.368 e. The fourth-order valence-corrected chi connectivity index (χ4v) is 3.14. The fourth-order valence-electron chi connectivity index (χ4n) is 3.14. The zero-order chi connectivity index (χ0) is 16.7. The smallest absolute Gasteiger partial charge is 0.222 e. The Bertz CT molecular complexity index is 715. The van der Waals surface area contributed by atoms with Gasteiger partial charge in [-0.1, -0.05) is 0 Å². The maximum absolute atomic E-state index is 5.91. The molecule has 4 N–H and O–H groups in total. The average molecular weight is 315 g/mol. The van der Waals surface area contributed by atoms with Crippen LogP contribution < -0.4 is 16.4 Å². The molecule has 0 saturated heterocycles. The lowest BCUT2D eigenvalue weighted by atomic mass is 9.78. The molecule has 0 atom stereocenters. The van der Waals surface area contributed by atoms with Crippen LogP contribution in [0.1, 0.15) is 41.4 Å². The van der Waals surface area contributed by atoms with Crippen LogP contribution in [0.5, 0.6) is 0 Å². The van der Waals surface area contributed by atoms with Gasteiger partial charge in [0.2, 0.25) is 5.95 Å². The zero-order valence-corrected chi connectivity index (χ0v) is 14.2. The third kappa shape index (κ3) is 3.01. The van der Waals surface area contributed by atoms with Crippen LogP contribution in [0, 0.1) is 13.8 Å². The van der Waals surface area contributed by atoms with Crippen LogP contribution in [-0.4, -0.2) is 32.8 Å². The molecular formula is C16H25N7. The lowest BCUT2D eigenvalue weighted by Gasteiger charge is -2.32. The van der Waals surface area contributed by atoms with Gasteiger partial charge in [0.05, 0.1) is 11.4 Å². The van der Waals surface area contributed by atoms with E-state index in [1.165, 1.54) is 11.3 Å². The molecule has 1 aliphatic rings. The molecule has 0 spiro atoms. The molecule has 7 nitrogen and oxygen atoms in total. The summed E-state index contributed by atoms with van der Waals surface area (Å²) in [4.78, 5) is 10.9. The van der Waals surface area contributed by atoms with Gasteiger partial charge in [0.1, 0.15) is 5.82 Å². The number of aryl methyl sites for hydroxylation is 2. The molecule has 0 bridgehead atoms. The summed E-state index contributed by atoms with van der Waals surface area (Å²) in [5, 5.41) is 4.47. The van der Waals surface area contributed by atoms with Crippen LogP contribution in [-0.2, 0) is 13.6 Å². The molecule has 2 aromatic rings. The third-order valence-electron chi connectivity index (χ3n) is 4.79. The largest absolute Gasteiger partial charge is 0.368 e. The Morgan fingerprint density at radius 1 is 1.30 bits per heavy atom. The van der Waals surface area contributed by atoms with E-state index in [1.54, 1.807) is 0 Å². The van der Waals surface area contributed by atoms with Crippen molar-refractivity contribution < 1.29 is 0 Å². The molecule has 23 heavy (non-hydrogen) atoms. The SMILES string of the molecule is Cc1nn(C)c(C)c1CN(C)c1cc(C2CC(N)C2)nc(N)n1. The second-order valence-electron chi connectivity index (χ2n) is 6.57. The van der Waals surface area contributed by atoms with Gasteiger partial charge < -0.3 is 16.4 Å². The van der Waals surface area contributed by atoms with Crippen LogP contribution in [0.3, 0.4) is 0 Å². The zero-order valence-electron chi connectivity index (χ0n) is 14.2. The van der Waals surface area contributed by atoms with E-state index in [2.05, 4.69) is 26.9 Å². The molecular weight excluding hydrogens is 290 g/mol. The summed E-state index contributed by atoms with van der Waals surface area (Å²) in [5.74, 6) is 1.57. The first-order valence-electron chi connectivity index (χ1n) is 7.95. The highest BCUT2D eigenvalue weighted by Crippen LogP contribution is 2.35. The minimum atomic E-state index is 0.290. The number of rotatable bonds is 4. The molecule has 2 aromatic heterocycles. The molecule has 0 unspecified atom stereocenters. The van der Waals surface area contributed by atoms with Crippen molar-refractivity contribution in [2.45, 2.75) is 45.2 Å². The number of hydrogen-bond acceptors (Lipinski definition) is 6. The summed E-state index contributed by atoms with van der Waals surface area (Å²) >= 11 is 0. The predicted octanol–water partition coefficient (Wildman–Crippen LogP) is 1.25. The highest BCUT2D eigenvalue weighted by atomic mass is 15.3. The number of nitrogens with two attached hydrogens (primary N) is 2. The monoisotopic (exact) mass is 315 g/mol. The maximum Gasteiger partial charge on any atom is 0.222 e. The normalized spacial score (nSPS) is 20.4. The lowest BCUT2D eigenvalue weighted by Crippen LogP contribution is -2.35. The lowest BCUT2D eigenvalue weighted by molar-refractivity contribution is 0.345. The molecule has 124 valence electrons. The van der Waals surface area contributed by atoms with Gasteiger partial charge in [-0.15, -0.1) is 0 Å². The first-order valence-corrected chi connectivity index (χ1v) is 7.95. The molecule has 0 radical (unpaired) electrons. The first kappa shape index (κ1) is 15.7. The summed E-state index contributed by atoms with van der Waals surface area (Å²) in [6, 6.07) is 2.33. The van der Waals surface area contributed by atoms with Crippen molar-refractivity contribution in [3.8, 4) is 0 Å². The standard InChI is InChI=1S/C16H25N7/c1-9-13(10(2)23(4)21-9)8-22(3)15-7-14(19-16(18)20-15)11-5-12(17)6-11/h7,11-12H,5-6,8,17H2,1-4H3,(H2,18,19,20). The third-order valence-corrected chi connectivity index (χ3v) is 4.79. The Labute approximate surface area is 136 Å². The Hall–Kier alpha value is -2.15. The van der Waals surface area contributed by atoms with Crippen molar-refractivity contribution in [2.75, 3.05) is 17.7 Å². The topological polar surface area (TPSA) is 98.9 Å². The molecule has 3 rings (SSSR count). The Kier molecular flexibility index (Phi) is 3.97. The number of aromatic nitrogens is 4. The van der Waals surface area contributed by atoms with E-state index in [4.69, 9.17) is 11.5 Å². The van der Waals surface area contributed by atoms with Crippen LogP contribution in [0.2, 0.25) is 0 Å². The van der Waals surface area contributed by atoms with Crippen LogP contribution in [0.15, 0.2) is 6.07 Å². The van der Waals surface area contributed by atoms with E-state index >= 15 is 0 Å². The summed E-state index contributed by atoms with van der Waals surface area (Å²) in [7, 11) is 3.98. The molecule has 1 aliphatic carbocycles. The second-order valence-corrected chi connectivity index (χ2v) is 6.57. The van der Waals surface area contributed by atoms with Crippen LogP contribution >= 0.6 is 0 Å². The van der Waals surface area contributed by atoms with E-state index in [0.717, 1.165) is 36.6 Å². The Morgan fingerprint density at radius 3 is 2.57 bits per heavy atom. The van der Waals surface area contributed by atoms with Crippen molar-refractivity contribution in [2.24, 2.45) is 12.8 Å². The number of hydrogen-bond donors (Lipinski definition) is 2. The minimum absolute atomic E-state index is 0.290. The summed E-state index contributed by atoms with van der Waals surface area (Å²) in [6.07, 6.45) is 1.95. The number of nitrogens with zero attached hydrogens (tertiary/aromatic N) is 5. The van der Waals surface area contributed by atoms with Gasteiger partial charge in [-0.3, -0.25) is 4.68 Å². The highest BCUT2D eigenvalue weighted by molar-refractivity contribution is 5.45. The Balaban J connectivity index is 1.83. The van der Waals surface area contributed by atoms with Gasteiger partial charge >= 0.3 is 0 Å². The quantitative estimate of drug-likeness (QED) is 0.881. The average Bonchev–Trinajstić information content (AvgIpc) is 2.69. The van der Waals surface area contributed by atoms with Crippen molar-refractivity contribution in [3.63, 3.8) is 0 Å². The van der Waals surface area contributed by atoms with Crippen molar-refractivity contribution in [1.29, 1.82) is 0 Å². The molecule has 1 fully saturated rings. The molecule has 0 amide bonds. The highest BCUT2D eigenvalue weighted by Gasteiger charge is 2.29. The fraction of sp³-hybridized carbons (Fsp3) is 0.562. The van der Waals surface area contributed by atoms with Gasteiger partial charge in [0.25, 0.3) is 0 Å². The van der Waals surface area contributed by atoms with Gasteiger partial charge in [0.15, 0.2) is 0 Å². The van der Waals surface area contributed by atoms with Gasteiger partial charge in [-0.05, 0) is 26.7 Å². The predicted molar refractivity (Wildman–Crippen MR) is 91.2 cm³/mol. The van der Waals surface area contributed by atoms with E-state index in [0.29, 0.717) is 11.9 Å².